The zero-order valence-electron chi connectivity index (χ0n) is 13.9. The zero-order chi connectivity index (χ0) is 18.8. The highest BCUT2D eigenvalue weighted by Gasteiger charge is 2.41. The Morgan fingerprint density at radius 3 is 2.64 bits per heavy atom. The lowest BCUT2D eigenvalue weighted by molar-refractivity contribution is -0.180. The molecule has 6 nitrogen and oxygen atoms in total. The molecule has 0 bridgehead atoms. The molecule has 0 saturated heterocycles. The molecule has 1 amide bonds. The van der Waals surface area contributed by atoms with Crippen LogP contribution >= 0.6 is 0 Å². The van der Waals surface area contributed by atoms with Gasteiger partial charge in [-0.2, -0.15) is 13.2 Å². The number of halogens is 3. The van der Waals surface area contributed by atoms with Gasteiger partial charge >= 0.3 is 18.1 Å². The highest BCUT2D eigenvalue weighted by molar-refractivity contribution is 5.87. The largest absolute Gasteiger partial charge is 0.471 e. The van der Waals surface area contributed by atoms with Crippen molar-refractivity contribution in [3.8, 4) is 5.75 Å². The number of nitrogens with one attached hydrogen (secondary N) is 1. The van der Waals surface area contributed by atoms with E-state index in [9.17, 15) is 22.8 Å². The van der Waals surface area contributed by atoms with Crippen LogP contribution in [0.4, 0.5) is 13.2 Å². The number of ether oxygens (including phenoxy) is 3. The standard InChI is InChI=1S/C16H18F3NO5/c1-15(2)24-8-10-9(5-4-6-12(10)25-15)7-11(13(21)23-3)20-14(22)16(17,18)19/h4-6,11H,7-8H2,1-3H3,(H,20,22)/t11-/m0/s1. The average Bonchev–Trinajstić information content (AvgIpc) is 2.51. The van der Waals surface area contributed by atoms with Crippen molar-refractivity contribution in [3.05, 3.63) is 29.3 Å². The number of hydrogen-bond acceptors (Lipinski definition) is 5. The second kappa shape index (κ2) is 6.91. The molecule has 0 aromatic heterocycles. The van der Waals surface area contributed by atoms with Crippen molar-refractivity contribution in [2.45, 2.75) is 44.9 Å². The molecule has 25 heavy (non-hydrogen) atoms. The van der Waals surface area contributed by atoms with Crippen LogP contribution in [-0.4, -0.2) is 37.0 Å². The van der Waals surface area contributed by atoms with Crippen molar-refractivity contribution in [3.63, 3.8) is 0 Å². The minimum Gasteiger partial charge on any atom is -0.467 e. The lowest BCUT2D eigenvalue weighted by atomic mass is 9.98. The summed E-state index contributed by atoms with van der Waals surface area (Å²) in [6.07, 6.45) is -5.29. The van der Waals surface area contributed by atoms with Crippen LogP contribution in [0.2, 0.25) is 0 Å². The molecule has 0 radical (unpaired) electrons. The number of hydrogen-bond donors (Lipinski definition) is 1. The van der Waals surface area contributed by atoms with Gasteiger partial charge in [0.05, 0.1) is 13.7 Å². The third-order valence-corrected chi connectivity index (χ3v) is 3.62. The van der Waals surface area contributed by atoms with Gasteiger partial charge in [-0.1, -0.05) is 12.1 Å². The highest BCUT2D eigenvalue weighted by atomic mass is 19.4. The van der Waals surface area contributed by atoms with E-state index in [4.69, 9.17) is 9.47 Å². The third kappa shape index (κ3) is 4.62. The summed E-state index contributed by atoms with van der Waals surface area (Å²) in [6, 6.07) is 3.49. The fourth-order valence-corrected chi connectivity index (χ4v) is 2.40. The van der Waals surface area contributed by atoms with E-state index in [-0.39, 0.29) is 13.0 Å². The molecule has 0 unspecified atom stereocenters. The number of benzene rings is 1. The molecule has 9 heteroatoms. The molecule has 1 aromatic rings. The first-order valence-electron chi connectivity index (χ1n) is 7.43. The molecule has 1 aliphatic rings. The van der Waals surface area contributed by atoms with Crippen molar-refractivity contribution in [2.75, 3.05) is 7.11 Å². The van der Waals surface area contributed by atoms with E-state index in [0.717, 1.165) is 7.11 Å². The highest BCUT2D eigenvalue weighted by Crippen LogP contribution is 2.33. The maximum Gasteiger partial charge on any atom is 0.471 e. The molecule has 2 rings (SSSR count). The van der Waals surface area contributed by atoms with Crippen LogP contribution in [0.5, 0.6) is 5.75 Å². The average molecular weight is 361 g/mol. The number of amides is 1. The Bertz CT molecular complexity index is 672. The topological polar surface area (TPSA) is 73.9 Å². The predicted molar refractivity (Wildman–Crippen MR) is 79.6 cm³/mol. The summed E-state index contributed by atoms with van der Waals surface area (Å²) in [7, 11) is 1.03. The quantitative estimate of drug-likeness (QED) is 0.832. The summed E-state index contributed by atoms with van der Waals surface area (Å²) in [6.45, 7) is 3.62. The van der Waals surface area contributed by atoms with E-state index in [1.54, 1.807) is 37.4 Å². The Kier molecular flexibility index (Phi) is 5.26. The van der Waals surface area contributed by atoms with E-state index in [1.165, 1.54) is 0 Å². The fraction of sp³-hybridized carbons (Fsp3) is 0.500. The van der Waals surface area contributed by atoms with Crippen LogP contribution in [0.15, 0.2) is 18.2 Å². The van der Waals surface area contributed by atoms with Gasteiger partial charge in [0.2, 0.25) is 5.79 Å². The van der Waals surface area contributed by atoms with Gasteiger partial charge < -0.3 is 19.5 Å². The predicted octanol–water partition coefficient (Wildman–Crippen LogP) is 2.09. The van der Waals surface area contributed by atoms with Gasteiger partial charge in [0.25, 0.3) is 0 Å². The zero-order valence-corrected chi connectivity index (χ0v) is 13.9. The number of esters is 1. The normalized spacial score (nSPS) is 17.0. The first-order chi connectivity index (χ1) is 11.5. The van der Waals surface area contributed by atoms with Crippen LogP contribution in [-0.2, 0) is 32.1 Å². The SMILES string of the molecule is COC(=O)[C@H](Cc1cccc2c1COC(C)(C)O2)NC(=O)C(F)(F)F. The van der Waals surface area contributed by atoms with Crippen molar-refractivity contribution >= 4 is 11.9 Å². The Morgan fingerprint density at radius 2 is 2.04 bits per heavy atom. The van der Waals surface area contributed by atoms with Crippen molar-refractivity contribution < 1.29 is 37.0 Å². The van der Waals surface area contributed by atoms with Crippen molar-refractivity contribution in [2.24, 2.45) is 0 Å². The summed E-state index contributed by atoms with van der Waals surface area (Å²) < 4.78 is 53.1. The van der Waals surface area contributed by atoms with Gasteiger partial charge in [0.15, 0.2) is 0 Å². The number of methoxy groups -OCH3 is 1. The molecular weight excluding hydrogens is 343 g/mol. The Labute approximate surface area is 142 Å². The lowest BCUT2D eigenvalue weighted by Crippen LogP contribution is -2.48. The van der Waals surface area contributed by atoms with Crippen molar-refractivity contribution in [1.82, 2.24) is 5.32 Å². The van der Waals surface area contributed by atoms with Crippen molar-refractivity contribution in [1.29, 1.82) is 0 Å². The van der Waals surface area contributed by atoms with Crippen LogP contribution in [0.3, 0.4) is 0 Å². The monoisotopic (exact) mass is 361 g/mol. The summed E-state index contributed by atoms with van der Waals surface area (Å²) >= 11 is 0. The molecule has 1 heterocycles. The van der Waals surface area contributed by atoms with Gasteiger partial charge in [-0.25, -0.2) is 4.79 Å². The van der Waals surface area contributed by atoms with E-state index >= 15 is 0 Å². The first-order valence-corrected chi connectivity index (χ1v) is 7.43. The molecule has 0 fully saturated rings. The molecule has 1 aliphatic heterocycles. The van der Waals surface area contributed by atoms with Gasteiger partial charge in [0.1, 0.15) is 11.8 Å². The van der Waals surface area contributed by atoms with Gasteiger partial charge in [0, 0.05) is 25.8 Å². The van der Waals surface area contributed by atoms with Crippen LogP contribution < -0.4 is 10.1 Å². The minimum absolute atomic E-state index is 0.166. The summed E-state index contributed by atoms with van der Waals surface area (Å²) in [5, 5.41) is 1.66. The Balaban J connectivity index is 2.25. The molecule has 0 saturated carbocycles. The third-order valence-electron chi connectivity index (χ3n) is 3.62. The van der Waals surface area contributed by atoms with E-state index < -0.39 is 29.9 Å². The number of carbonyl (C=O) groups excluding carboxylic acids is 2. The van der Waals surface area contributed by atoms with Gasteiger partial charge in [-0.05, 0) is 11.6 Å². The molecule has 1 atom stereocenters. The summed E-state index contributed by atoms with van der Waals surface area (Å²) in [5.41, 5.74) is 1.13. The van der Waals surface area contributed by atoms with Crippen LogP contribution in [0.25, 0.3) is 0 Å². The Morgan fingerprint density at radius 1 is 1.36 bits per heavy atom. The minimum atomic E-state index is -5.10. The molecule has 138 valence electrons. The van der Waals surface area contributed by atoms with E-state index in [2.05, 4.69) is 4.74 Å². The smallest absolute Gasteiger partial charge is 0.467 e. The van der Waals surface area contributed by atoms with Crippen LogP contribution in [0, 0.1) is 0 Å². The van der Waals surface area contributed by atoms with Gasteiger partial charge in [-0.15, -0.1) is 0 Å². The molecule has 1 N–H and O–H groups in total. The molecular formula is C16H18F3NO5. The second-order valence-electron chi connectivity index (χ2n) is 5.94. The summed E-state index contributed by atoms with van der Waals surface area (Å²) in [5.74, 6) is -3.51. The first kappa shape index (κ1) is 19.0. The number of fused-ring (bicyclic) bond motifs is 1. The fourth-order valence-electron chi connectivity index (χ4n) is 2.40. The summed E-state index contributed by atoms with van der Waals surface area (Å²) in [4.78, 5) is 22.9. The Hall–Kier alpha value is -2.29. The van der Waals surface area contributed by atoms with E-state index in [0.29, 0.717) is 16.9 Å². The second-order valence-corrected chi connectivity index (χ2v) is 5.94. The molecule has 0 spiro atoms. The molecule has 0 aliphatic carbocycles. The van der Waals surface area contributed by atoms with E-state index in [1.807, 2.05) is 0 Å². The van der Waals surface area contributed by atoms with Crippen LogP contribution in [0.1, 0.15) is 25.0 Å². The molecule has 1 aromatic carbocycles. The maximum atomic E-state index is 12.5. The van der Waals surface area contributed by atoms with Gasteiger partial charge in [-0.3, -0.25) is 4.79 Å². The number of alkyl halides is 3. The lowest BCUT2D eigenvalue weighted by Gasteiger charge is -2.33. The number of carbonyl (C=O) groups is 2. The maximum absolute atomic E-state index is 12.5. The number of rotatable bonds is 4.